The van der Waals surface area contributed by atoms with Crippen LogP contribution >= 0.6 is 24.0 Å². The molecule has 0 radical (unpaired) electrons. The molecule has 0 bridgehead atoms. The summed E-state index contributed by atoms with van der Waals surface area (Å²) in [5, 5.41) is 6.47. The number of guanidine groups is 1. The minimum Gasteiger partial charge on any atom is -0.356 e. The van der Waals surface area contributed by atoms with Crippen LogP contribution in [0.5, 0.6) is 0 Å². The summed E-state index contributed by atoms with van der Waals surface area (Å²) in [4.78, 5) is 13.3. The van der Waals surface area contributed by atoms with Crippen molar-refractivity contribution in [2.75, 3.05) is 51.7 Å². The molecule has 0 amide bonds. The monoisotopic (exact) mass is 562 g/mol. The first kappa shape index (κ1) is 26.2. The molecule has 0 unspecified atom stereocenters. The molecule has 2 aromatic rings. The number of nitrogens with zero attached hydrogens (tertiary/aromatic N) is 4. The summed E-state index contributed by atoms with van der Waals surface area (Å²) in [5.41, 5.74) is 1.31. The van der Waals surface area contributed by atoms with Crippen molar-refractivity contribution >= 4 is 35.8 Å². The maximum atomic E-state index is 12.6. The number of nitrogens with one attached hydrogen (secondary N) is 2. The summed E-state index contributed by atoms with van der Waals surface area (Å²) in [6.45, 7) is 5.15. The highest BCUT2D eigenvalue weighted by Gasteiger charge is 2.29. The second-order valence-corrected chi connectivity index (χ2v) is 7.61. The minimum atomic E-state index is -4.31. The third kappa shape index (κ3) is 7.80. The lowest BCUT2D eigenvalue weighted by molar-refractivity contribution is -0.137. The van der Waals surface area contributed by atoms with Crippen LogP contribution in [0.25, 0.3) is 0 Å². The van der Waals surface area contributed by atoms with E-state index in [2.05, 4.69) is 43.5 Å². The van der Waals surface area contributed by atoms with Gasteiger partial charge in [-0.1, -0.05) is 12.1 Å². The van der Waals surface area contributed by atoms with E-state index in [0.29, 0.717) is 25.5 Å². The van der Waals surface area contributed by atoms with Crippen molar-refractivity contribution in [1.29, 1.82) is 0 Å². The molecule has 32 heavy (non-hydrogen) atoms. The first-order chi connectivity index (χ1) is 14.8. The number of benzene rings is 1. The minimum absolute atomic E-state index is 0. The number of alkyl halides is 3. The zero-order valence-electron chi connectivity index (χ0n) is 18.3. The fourth-order valence-electron chi connectivity index (χ4n) is 3.37. The van der Waals surface area contributed by atoms with Crippen LogP contribution in [0.3, 0.4) is 0 Å². The second-order valence-electron chi connectivity index (χ2n) is 7.61. The fourth-order valence-corrected chi connectivity index (χ4v) is 3.37. The third-order valence-corrected chi connectivity index (χ3v) is 5.31. The number of rotatable bonds is 6. The van der Waals surface area contributed by atoms with Crippen molar-refractivity contribution in [1.82, 2.24) is 20.5 Å². The highest BCUT2D eigenvalue weighted by atomic mass is 127. The number of hydrogen-bond donors (Lipinski definition) is 2. The molecule has 1 aromatic heterocycles. The van der Waals surface area contributed by atoms with E-state index in [-0.39, 0.29) is 24.0 Å². The number of anilines is 1. The van der Waals surface area contributed by atoms with Crippen LogP contribution in [0.15, 0.2) is 47.6 Å². The van der Waals surface area contributed by atoms with Gasteiger partial charge < -0.3 is 20.4 Å². The molecule has 0 aliphatic carbocycles. The van der Waals surface area contributed by atoms with Crippen molar-refractivity contribution in [3.05, 3.63) is 59.3 Å². The summed E-state index contributed by atoms with van der Waals surface area (Å²) < 4.78 is 37.9. The number of halogens is 4. The molecule has 0 atom stereocenters. The van der Waals surface area contributed by atoms with Crippen molar-refractivity contribution < 1.29 is 13.2 Å². The van der Waals surface area contributed by atoms with Crippen LogP contribution < -0.4 is 15.5 Å². The number of piperazine rings is 1. The highest BCUT2D eigenvalue weighted by Crippen LogP contribution is 2.29. The Morgan fingerprint density at radius 2 is 1.72 bits per heavy atom. The summed E-state index contributed by atoms with van der Waals surface area (Å²) >= 11 is 0. The standard InChI is InChI=1S/C22H29F3N6.HI/c1-26-21(28-10-7-17-3-5-19(6-4-17)22(23,24)25)29-16-18-8-9-27-20(15-18)31-13-11-30(2)12-14-31;/h3-6,8-9,15H,7,10-14,16H2,1-2H3,(H2,26,28,29);1H. The number of pyridine rings is 1. The van der Waals surface area contributed by atoms with E-state index < -0.39 is 11.7 Å². The Morgan fingerprint density at radius 1 is 1.03 bits per heavy atom. The first-order valence-corrected chi connectivity index (χ1v) is 10.3. The average molecular weight is 562 g/mol. The van der Waals surface area contributed by atoms with E-state index in [4.69, 9.17) is 0 Å². The molecule has 2 N–H and O–H groups in total. The Hall–Kier alpha value is -2.08. The first-order valence-electron chi connectivity index (χ1n) is 10.3. The molecule has 1 aliphatic heterocycles. The number of aromatic nitrogens is 1. The van der Waals surface area contributed by atoms with Gasteiger partial charge in [-0.05, 0) is 48.9 Å². The molecule has 0 saturated carbocycles. The van der Waals surface area contributed by atoms with Gasteiger partial charge in [-0.15, -0.1) is 24.0 Å². The van der Waals surface area contributed by atoms with Crippen LogP contribution in [0.1, 0.15) is 16.7 Å². The predicted molar refractivity (Wildman–Crippen MR) is 133 cm³/mol. The molecule has 0 spiro atoms. The predicted octanol–water partition coefficient (Wildman–Crippen LogP) is 3.38. The smallest absolute Gasteiger partial charge is 0.356 e. The third-order valence-electron chi connectivity index (χ3n) is 5.31. The van der Waals surface area contributed by atoms with Gasteiger partial charge in [0.15, 0.2) is 5.96 Å². The van der Waals surface area contributed by atoms with E-state index in [1.165, 1.54) is 12.1 Å². The Bertz CT molecular complexity index is 865. The summed E-state index contributed by atoms with van der Waals surface area (Å²) in [6.07, 6.45) is -1.88. The van der Waals surface area contributed by atoms with Gasteiger partial charge in [0.05, 0.1) is 5.56 Å². The Balaban J connectivity index is 0.00000363. The van der Waals surface area contributed by atoms with Crippen LogP contribution in [0.2, 0.25) is 0 Å². The normalized spacial score (nSPS) is 15.3. The van der Waals surface area contributed by atoms with Gasteiger partial charge in [-0.2, -0.15) is 13.2 Å². The fraction of sp³-hybridized carbons (Fsp3) is 0.455. The molecule has 1 aromatic carbocycles. The summed E-state index contributed by atoms with van der Waals surface area (Å²) in [5.74, 6) is 1.63. The van der Waals surface area contributed by atoms with Crippen LogP contribution in [0, 0.1) is 0 Å². The van der Waals surface area contributed by atoms with Gasteiger partial charge in [0.2, 0.25) is 0 Å². The van der Waals surface area contributed by atoms with Gasteiger partial charge in [-0.25, -0.2) is 4.98 Å². The average Bonchev–Trinajstić information content (AvgIpc) is 2.76. The topological polar surface area (TPSA) is 55.8 Å². The van der Waals surface area contributed by atoms with Gasteiger partial charge >= 0.3 is 6.18 Å². The van der Waals surface area contributed by atoms with E-state index >= 15 is 0 Å². The maximum absolute atomic E-state index is 12.6. The van der Waals surface area contributed by atoms with Crippen molar-refractivity contribution in [3.8, 4) is 0 Å². The van der Waals surface area contributed by atoms with Crippen molar-refractivity contribution in [3.63, 3.8) is 0 Å². The van der Waals surface area contributed by atoms with Gasteiger partial charge in [0.25, 0.3) is 0 Å². The summed E-state index contributed by atoms with van der Waals surface area (Å²) in [7, 11) is 3.82. The lowest BCUT2D eigenvalue weighted by Gasteiger charge is -2.33. The zero-order chi connectivity index (χ0) is 22.3. The van der Waals surface area contributed by atoms with Crippen molar-refractivity contribution in [2.24, 2.45) is 4.99 Å². The van der Waals surface area contributed by atoms with Crippen LogP contribution in [-0.2, 0) is 19.1 Å². The number of hydrogen-bond acceptors (Lipinski definition) is 4. The molecular weight excluding hydrogens is 532 g/mol. The molecular formula is C22H30F3IN6. The lowest BCUT2D eigenvalue weighted by atomic mass is 10.1. The van der Waals surface area contributed by atoms with Gasteiger partial charge in [-0.3, -0.25) is 4.99 Å². The molecule has 10 heteroatoms. The van der Waals surface area contributed by atoms with Crippen molar-refractivity contribution in [2.45, 2.75) is 19.1 Å². The molecule has 6 nitrogen and oxygen atoms in total. The molecule has 1 aliphatic rings. The number of likely N-dealkylation sites (N-methyl/N-ethyl adjacent to an activating group) is 1. The van der Waals surface area contributed by atoms with Crippen LogP contribution in [-0.4, -0.2) is 62.7 Å². The quantitative estimate of drug-likeness (QED) is 0.322. The largest absolute Gasteiger partial charge is 0.416 e. The maximum Gasteiger partial charge on any atom is 0.416 e. The highest BCUT2D eigenvalue weighted by molar-refractivity contribution is 14.0. The molecule has 2 heterocycles. The molecule has 1 saturated heterocycles. The summed E-state index contributed by atoms with van der Waals surface area (Å²) in [6, 6.07) is 9.32. The van der Waals surface area contributed by atoms with Gasteiger partial charge in [0, 0.05) is 52.5 Å². The van der Waals surface area contributed by atoms with E-state index in [1.54, 1.807) is 7.05 Å². The van der Waals surface area contributed by atoms with E-state index in [9.17, 15) is 13.2 Å². The molecule has 3 rings (SSSR count). The van der Waals surface area contributed by atoms with E-state index in [0.717, 1.165) is 55.3 Å². The lowest BCUT2D eigenvalue weighted by Crippen LogP contribution is -2.44. The Kier molecular flexibility index (Phi) is 10.0. The molecule has 1 fully saturated rings. The van der Waals surface area contributed by atoms with Crippen LogP contribution in [0.4, 0.5) is 19.0 Å². The molecule has 176 valence electrons. The number of aliphatic imine (C=N–C) groups is 1. The Morgan fingerprint density at radius 3 is 2.34 bits per heavy atom. The SMILES string of the molecule is CN=C(NCCc1ccc(C(F)(F)F)cc1)NCc1ccnc(N2CCN(C)CC2)c1.I. The zero-order valence-corrected chi connectivity index (χ0v) is 20.7. The van der Waals surface area contributed by atoms with Gasteiger partial charge in [0.1, 0.15) is 5.82 Å². The second kappa shape index (κ2) is 12.2. The Labute approximate surface area is 204 Å². The van der Waals surface area contributed by atoms with E-state index in [1.807, 2.05) is 12.3 Å².